The lowest BCUT2D eigenvalue weighted by Crippen LogP contribution is -2.50. The third kappa shape index (κ3) is 4.22. The highest BCUT2D eigenvalue weighted by molar-refractivity contribution is 5.82. The van der Waals surface area contributed by atoms with E-state index in [1.807, 2.05) is 0 Å². The number of aliphatic carboxylic acids is 1. The summed E-state index contributed by atoms with van der Waals surface area (Å²) in [6.45, 7) is 3.21. The van der Waals surface area contributed by atoms with Crippen LogP contribution in [0, 0.1) is 5.92 Å². The van der Waals surface area contributed by atoms with Crippen molar-refractivity contribution in [3.05, 3.63) is 0 Å². The van der Waals surface area contributed by atoms with Gasteiger partial charge in [-0.25, -0.2) is 9.59 Å². The first kappa shape index (κ1) is 13.8. The van der Waals surface area contributed by atoms with E-state index >= 15 is 0 Å². The van der Waals surface area contributed by atoms with E-state index in [2.05, 4.69) is 12.2 Å². The third-order valence-electron chi connectivity index (χ3n) is 3.08. The van der Waals surface area contributed by atoms with Gasteiger partial charge in [0, 0.05) is 26.1 Å². The number of hydrogen-bond acceptors (Lipinski definition) is 3. The minimum Gasteiger partial charge on any atom is -0.480 e. The van der Waals surface area contributed by atoms with Crippen molar-refractivity contribution < 1.29 is 19.8 Å². The van der Waals surface area contributed by atoms with E-state index in [0.717, 1.165) is 12.8 Å². The largest absolute Gasteiger partial charge is 0.480 e. The van der Waals surface area contributed by atoms with Gasteiger partial charge < -0.3 is 20.4 Å². The average molecular weight is 244 g/mol. The molecule has 0 aliphatic carbocycles. The highest BCUT2D eigenvalue weighted by Gasteiger charge is 2.25. The number of carbonyl (C=O) groups is 2. The number of carboxylic acid groups (broad SMARTS) is 1. The number of aliphatic hydroxyl groups is 1. The van der Waals surface area contributed by atoms with E-state index < -0.39 is 12.0 Å². The molecule has 1 fully saturated rings. The molecule has 98 valence electrons. The number of likely N-dealkylation sites (tertiary alicyclic amines) is 1. The van der Waals surface area contributed by atoms with Crippen molar-refractivity contribution in [3.63, 3.8) is 0 Å². The molecular weight excluding hydrogens is 224 g/mol. The maximum Gasteiger partial charge on any atom is 0.326 e. The first-order valence-corrected chi connectivity index (χ1v) is 5.93. The highest BCUT2D eigenvalue weighted by Crippen LogP contribution is 2.15. The van der Waals surface area contributed by atoms with E-state index in [0.29, 0.717) is 19.0 Å². The molecule has 0 aromatic rings. The highest BCUT2D eigenvalue weighted by atomic mass is 16.4. The van der Waals surface area contributed by atoms with Crippen molar-refractivity contribution in [1.29, 1.82) is 0 Å². The molecule has 3 N–H and O–H groups in total. The van der Waals surface area contributed by atoms with Crippen molar-refractivity contribution in [2.45, 2.75) is 32.2 Å². The van der Waals surface area contributed by atoms with E-state index in [1.54, 1.807) is 4.90 Å². The number of nitrogens with zero attached hydrogens (tertiary/aromatic N) is 1. The Morgan fingerprint density at radius 1 is 1.41 bits per heavy atom. The van der Waals surface area contributed by atoms with Crippen LogP contribution >= 0.6 is 0 Å². The smallest absolute Gasteiger partial charge is 0.326 e. The fourth-order valence-electron chi connectivity index (χ4n) is 1.84. The van der Waals surface area contributed by atoms with Gasteiger partial charge in [0.2, 0.25) is 0 Å². The molecular formula is C11H20N2O4. The standard InChI is InChI=1S/C11H20N2O4/c1-8-2-5-13(6-3-8)11(17)12-9(4-7-14)10(15)16/h8-9,14H,2-7H2,1H3,(H,12,17)(H,15,16). The fourth-order valence-corrected chi connectivity index (χ4v) is 1.84. The van der Waals surface area contributed by atoms with Crippen LogP contribution in [0.5, 0.6) is 0 Å². The number of aliphatic hydroxyl groups excluding tert-OH is 1. The van der Waals surface area contributed by atoms with Crippen molar-refractivity contribution >= 4 is 12.0 Å². The number of hydrogen-bond donors (Lipinski definition) is 3. The molecule has 1 aliphatic heterocycles. The molecule has 0 aromatic heterocycles. The Kier molecular flexibility index (Phi) is 5.21. The number of nitrogens with one attached hydrogen (secondary N) is 1. The monoisotopic (exact) mass is 244 g/mol. The molecule has 1 unspecified atom stereocenters. The third-order valence-corrected chi connectivity index (χ3v) is 3.08. The van der Waals surface area contributed by atoms with Crippen molar-refractivity contribution in [2.24, 2.45) is 5.92 Å². The van der Waals surface area contributed by atoms with Gasteiger partial charge in [-0.1, -0.05) is 6.92 Å². The lowest BCUT2D eigenvalue weighted by Gasteiger charge is -2.31. The molecule has 1 saturated heterocycles. The zero-order valence-electron chi connectivity index (χ0n) is 10.1. The van der Waals surface area contributed by atoms with Gasteiger partial charge in [0.15, 0.2) is 0 Å². The number of carbonyl (C=O) groups excluding carboxylic acids is 1. The summed E-state index contributed by atoms with van der Waals surface area (Å²) in [5, 5.41) is 20.0. The Hall–Kier alpha value is -1.30. The topological polar surface area (TPSA) is 89.9 Å². The second-order valence-corrected chi connectivity index (χ2v) is 4.52. The van der Waals surface area contributed by atoms with Gasteiger partial charge in [-0.05, 0) is 18.8 Å². The minimum atomic E-state index is -1.11. The Labute approximate surface area is 101 Å². The Balaban J connectivity index is 2.44. The van der Waals surface area contributed by atoms with Gasteiger partial charge in [0.1, 0.15) is 6.04 Å². The first-order valence-electron chi connectivity index (χ1n) is 5.93. The SMILES string of the molecule is CC1CCN(C(=O)NC(CCO)C(=O)O)CC1. The van der Waals surface area contributed by atoms with Crippen LogP contribution < -0.4 is 5.32 Å². The summed E-state index contributed by atoms with van der Waals surface area (Å²) in [6, 6.07) is -1.36. The van der Waals surface area contributed by atoms with Crippen LogP contribution in [0.4, 0.5) is 4.79 Å². The van der Waals surface area contributed by atoms with Gasteiger partial charge in [-0.3, -0.25) is 0 Å². The molecule has 1 rings (SSSR count). The van der Waals surface area contributed by atoms with Crippen LogP contribution in [-0.2, 0) is 4.79 Å². The van der Waals surface area contributed by atoms with Gasteiger partial charge in [0.05, 0.1) is 0 Å². The van der Waals surface area contributed by atoms with Crippen LogP contribution in [-0.4, -0.2) is 52.9 Å². The molecule has 2 amide bonds. The summed E-state index contributed by atoms with van der Waals surface area (Å²) < 4.78 is 0. The molecule has 6 heteroatoms. The molecule has 1 aliphatic rings. The molecule has 0 spiro atoms. The Morgan fingerprint density at radius 2 is 2.00 bits per heavy atom. The maximum absolute atomic E-state index is 11.8. The second kappa shape index (κ2) is 6.44. The fraction of sp³-hybridized carbons (Fsp3) is 0.818. The summed E-state index contributed by atoms with van der Waals surface area (Å²) in [5.74, 6) is -0.496. The van der Waals surface area contributed by atoms with Gasteiger partial charge in [0.25, 0.3) is 0 Å². The molecule has 17 heavy (non-hydrogen) atoms. The Bertz CT molecular complexity index is 275. The van der Waals surface area contributed by atoms with Gasteiger partial charge in [-0.15, -0.1) is 0 Å². The van der Waals surface area contributed by atoms with Crippen LogP contribution in [0.2, 0.25) is 0 Å². The predicted molar refractivity (Wildman–Crippen MR) is 61.6 cm³/mol. The van der Waals surface area contributed by atoms with Crippen molar-refractivity contribution in [1.82, 2.24) is 10.2 Å². The zero-order chi connectivity index (χ0) is 12.8. The summed E-state index contributed by atoms with van der Waals surface area (Å²) in [5.41, 5.74) is 0. The normalized spacial score (nSPS) is 18.8. The quantitative estimate of drug-likeness (QED) is 0.662. The number of urea groups is 1. The second-order valence-electron chi connectivity index (χ2n) is 4.52. The van der Waals surface area contributed by atoms with Crippen molar-refractivity contribution in [3.8, 4) is 0 Å². The number of carboxylic acids is 1. The van der Waals surface area contributed by atoms with Gasteiger partial charge in [-0.2, -0.15) is 0 Å². The summed E-state index contributed by atoms with van der Waals surface area (Å²) in [4.78, 5) is 24.2. The van der Waals surface area contributed by atoms with E-state index in [-0.39, 0.29) is 19.1 Å². The maximum atomic E-state index is 11.8. The summed E-state index contributed by atoms with van der Waals surface area (Å²) in [6.07, 6.45) is 1.93. The molecule has 0 bridgehead atoms. The van der Waals surface area contributed by atoms with Crippen molar-refractivity contribution in [2.75, 3.05) is 19.7 Å². The summed E-state index contributed by atoms with van der Waals surface area (Å²) in [7, 11) is 0. The van der Waals surface area contributed by atoms with Crippen LogP contribution in [0.3, 0.4) is 0 Å². The van der Waals surface area contributed by atoms with E-state index in [9.17, 15) is 9.59 Å². The van der Waals surface area contributed by atoms with E-state index in [4.69, 9.17) is 10.2 Å². The Morgan fingerprint density at radius 3 is 2.47 bits per heavy atom. The molecule has 1 heterocycles. The lowest BCUT2D eigenvalue weighted by atomic mass is 10.00. The van der Waals surface area contributed by atoms with Crippen LogP contribution in [0.25, 0.3) is 0 Å². The zero-order valence-corrected chi connectivity index (χ0v) is 10.1. The average Bonchev–Trinajstić information content (AvgIpc) is 2.29. The van der Waals surface area contributed by atoms with E-state index in [1.165, 1.54) is 0 Å². The first-order chi connectivity index (χ1) is 8.04. The predicted octanol–water partition coefficient (Wildman–Crippen LogP) is 0.263. The minimum absolute atomic E-state index is 0.0331. The van der Waals surface area contributed by atoms with Crippen LogP contribution in [0.15, 0.2) is 0 Å². The lowest BCUT2D eigenvalue weighted by molar-refractivity contribution is -0.139. The molecule has 6 nitrogen and oxygen atoms in total. The number of amides is 2. The van der Waals surface area contributed by atoms with Gasteiger partial charge >= 0.3 is 12.0 Å². The van der Waals surface area contributed by atoms with Crippen LogP contribution in [0.1, 0.15) is 26.2 Å². The molecule has 1 atom stereocenters. The summed E-state index contributed by atoms with van der Waals surface area (Å²) >= 11 is 0. The molecule has 0 aromatic carbocycles. The number of piperidine rings is 1. The molecule has 0 radical (unpaired) electrons. The molecule has 0 saturated carbocycles. The number of rotatable bonds is 4.